The molecule has 0 radical (unpaired) electrons. The third-order valence-electron chi connectivity index (χ3n) is 3.85. The van der Waals surface area contributed by atoms with E-state index < -0.39 is 0 Å². The van der Waals surface area contributed by atoms with Crippen LogP contribution in [0.2, 0.25) is 0 Å². The fraction of sp³-hybridized carbons (Fsp3) is 0.625. The van der Waals surface area contributed by atoms with Crippen molar-refractivity contribution >= 4 is 0 Å². The van der Waals surface area contributed by atoms with Crippen molar-refractivity contribution in [2.24, 2.45) is 0 Å². The Balaban J connectivity index is 1.83. The Labute approximate surface area is 116 Å². The van der Waals surface area contributed by atoms with Gasteiger partial charge in [-0.1, -0.05) is 31.2 Å². The van der Waals surface area contributed by atoms with Gasteiger partial charge in [0.05, 0.1) is 6.61 Å². The normalized spacial score (nSPS) is 18.6. The molecule has 0 aromatic heterocycles. The molecule has 1 heterocycles. The van der Waals surface area contributed by atoms with Gasteiger partial charge in [0, 0.05) is 32.3 Å². The Morgan fingerprint density at radius 3 is 2.79 bits per heavy atom. The summed E-state index contributed by atoms with van der Waals surface area (Å²) >= 11 is 0. The third-order valence-corrected chi connectivity index (χ3v) is 3.85. The van der Waals surface area contributed by atoms with E-state index in [1.165, 1.54) is 11.1 Å². The smallest absolute Gasteiger partial charge is 0.0593 e. The minimum atomic E-state index is 0.566. The summed E-state index contributed by atoms with van der Waals surface area (Å²) < 4.78 is 5.45. The zero-order chi connectivity index (χ0) is 13.5. The lowest BCUT2D eigenvalue weighted by Gasteiger charge is -2.31. The van der Waals surface area contributed by atoms with E-state index in [2.05, 4.69) is 48.3 Å². The Bertz CT molecular complexity index is 381. The number of rotatable bonds is 7. The number of nitrogens with zero attached hydrogens (tertiary/aromatic N) is 1. The highest BCUT2D eigenvalue weighted by Crippen LogP contribution is 2.16. The van der Waals surface area contributed by atoms with Crippen LogP contribution in [-0.4, -0.2) is 43.8 Å². The van der Waals surface area contributed by atoms with Crippen LogP contribution >= 0.6 is 0 Å². The summed E-state index contributed by atoms with van der Waals surface area (Å²) in [6.45, 7) is 10.2. The van der Waals surface area contributed by atoms with Crippen molar-refractivity contribution in [3.63, 3.8) is 0 Å². The number of hydrogen-bond donors (Lipinski definition) is 1. The summed E-state index contributed by atoms with van der Waals surface area (Å²) in [5.74, 6) is 0. The van der Waals surface area contributed by atoms with Gasteiger partial charge in [0.15, 0.2) is 0 Å². The second-order valence-electron chi connectivity index (χ2n) is 5.14. The van der Waals surface area contributed by atoms with E-state index in [0.29, 0.717) is 6.04 Å². The molecule has 1 aliphatic heterocycles. The van der Waals surface area contributed by atoms with Gasteiger partial charge in [-0.15, -0.1) is 0 Å². The maximum absolute atomic E-state index is 5.45. The predicted octanol–water partition coefficient (Wildman–Crippen LogP) is 2.06. The van der Waals surface area contributed by atoms with Gasteiger partial charge in [-0.05, 0) is 31.0 Å². The minimum absolute atomic E-state index is 0.566. The Hall–Kier alpha value is -0.900. The monoisotopic (exact) mass is 262 g/mol. The molecule has 106 valence electrons. The molecule has 1 unspecified atom stereocenters. The molecule has 0 bridgehead atoms. The van der Waals surface area contributed by atoms with E-state index in [9.17, 15) is 0 Å². The fourth-order valence-electron chi connectivity index (χ4n) is 2.68. The molecular formula is C16H26N2O. The molecule has 0 spiro atoms. The quantitative estimate of drug-likeness (QED) is 0.761. The molecule has 19 heavy (non-hydrogen) atoms. The van der Waals surface area contributed by atoms with Gasteiger partial charge in [-0.25, -0.2) is 0 Å². The molecule has 1 atom stereocenters. The molecule has 3 nitrogen and oxygen atoms in total. The van der Waals surface area contributed by atoms with Gasteiger partial charge in [-0.3, -0.25) is 4.90 Å². The van der Waals surface area contributed by atoms with Crippen LogP contribution in [0.4, 0.5) is 0 Å². The average molecular weight is 262 g/mol. The third kappa shape index (κ3) is 4.30. The molecule has 3 heteroatoms. The van der Waals surface area contributed by atoms with Crippen molar-refractivity contribution in [3.8, 4) is 0 Å². The summed E-state index contributed by atoms with van der Waals surface area (Å²) in [5.41, 5.74) is 2.96. The van der Waals surface area contributed by atoms with Gasteiger partial charge in [0.2, 0.25) is 0 Å². The van der Waals surface area contributed by atoms with E-state index in [4.69, 9.17) is 4.74 Å². The first-order chi connectivity index (χ1) is 9.33. The molecule has 1 aromatic rings. The molecule has 1 aromatic carbocycles. The molecule has 1 N–H and O–H groups in total. The molecule has 0 saturated carbocycles. The first-order valence-electron chi connectivity index (χ1n) is 7.43. The average Bonchev–Trinajstić information content (AvgIpc) is 2.46. The van der Waals surface area contributed by atoms with Gasteiger partial charge >= 0.3 is 0 Å². The summed E-state index contributed by atoms with van der Waals surface area (Å²) in [6.07, 6.45) is 1.14. The second-order valence-corrected chi connectivity index (χ2v) is 5.14. The van der Waals surface area contributed by atoms with Crippen LogP contribution < -0.4 is 5.32 Å². The van der Waals surface area contributed by atoms with E-state index in [1.54, 1.807) is 0 Å². The second kappa shape index (κ2) is 7.63. The molecule has 0 amide bonds. The summed E-state index contributed by atoms with van der Waals surface area (Å²) in [6, 6.07) is 9.33. The number of hydrogen-bond acceptors (Lipinski definition) is 3. The standard InChI is InChI=1S/C16H26N2O/c1-3-18(9-10-19-4-2)13-16-11-14-7-5-6-8-15(14)12-17-16/h5-8,16-17H,3-4,9-13H2,1-2H3. The zero-order valence-electron chi connectivity index (χ0n) is 12.2. The van der Waals surface area contributed by atoms with Crippen LogP contribution in [0.3, 0.4) is 0 Å². The van der Waals surface area contributed by atoms with Crippen molar-refractivity contribution < 1.29 is 4.74 Å². The highest BCUT2D eigenvalue weighted by molar-refractivity contribution is 5.29. The first-order valence-corrected chi connectivity index (χ1v) is 7.43. The minimum Gasteiger partial charge on any atom is -0.380 e. The highest BCUT2D eigenvalue weighted by Gasteiger charge is 2.19. The largest absolute Gasteiger partial charge is 0.380 e. The molecule has 0 saturated heterocycles. The van der Waals surface area contributed by atoms with Crippen molar-refractivity contribution in [3.05, 3.63) is 35.4 Å². The van der Waals surface area contributed by atoms with Crippen molar-refractivity contribution in [2.75, 3.05) is 32.8 Å². The van der Waals surface area contributed by atoms with Crippen molar-refractivity contribution in [1.29, 1.82) is 0 Å². The number of nitrogens with one attached hydrogen (secondary N) is 1. The molecule has 0 aliphatic carbocycles. The molecule has 0 fully saturated rings. The van der Waals surface area contributed by atoms with Gasteiger partial charge in [0.1, 0.15) is 0 Å². The summed E-state index contributed by atoms with van der Waals surface area (Å²) in [4.78, 5) is 2.47. The van der Waals surface area contributed by atoms with Gasteiger partial charge in [-0.2, -0.15) is 0 Å². The number of fused-ring (bicyclic) bond motifs is 1. The first kappa shape index (κ1) is 14.5. The zero-order valence-corrected chi connectivity index (χ0v) is 12.2. The van der Waals surface area contributed by atoms with Crippen molar-refractivity contribution in [1.82, 2.24) is 10.2 Å². The maximum atomic E-state index is 5.45. The molecular weight excluding hydrogens is 236 g/mol. The van der Waals surface area contributed by atoms with Crippen LogP contribution in [-0.2, 0) is 17.7 Å². The summed E-state index contributed by atoms with van der Waals surface area (Å²) in [5, 5.41) is 3.65. The number of likely N-dealkylation sites (N-methyl/N-ethyl adjacent to an activating group) is 1. The van der Waals surface area contributed by atoms with E-state index in [1.807, 2.05) is 0 Å². The Kier molecular flexibility index (Phi) is 5.83. The van der Waals surface area contributed by atoms with Crippen molar-refractivity contribution in [2.45, 2.75) is 32.9 Å². The Morgan fingerprint density at radius 1 is 1.26 bits per heavy atom. The summed E-state index contributed by atoms with van der Waals surface area (Å²) in [7, 11) is 0. The fourth-order valence-corrected chi connectivity index (χ4v) is 2.68. The highest BCUT2D eigenvalue weighted by atomic mass is 16.5. The van der Waals surface area contributed by atoms with E-state index in [-0.39, 0.29) is 0 Å². The van der Waals surface area contributed by atoms with Crippen LogP contribution in [0.25, 0.3) is 0 Å². The van der Waals surface area contributed by atoms with Crippen LogP contribution in [0.5, 0.6) is 0 Å². The Morgan fingerprint density at radius 2 is 2.05 bits per heavy atom. The van der Waals surface area contributed by atoms with E-state index in [0.717, 1.165) is 45.8 Å². The van der Waals surface area contributed by atoms with Crippen LogP contribution in [0.1, 0.15) is 25.0 Å². The van der Waals surface area contributed by atoms with E-state index >= 15 is 0 Å². The topological polar surface area (TPSA) is 24.5 Å². The lowest BCUT2D eigenvalue weighted by atomic mass is 9.95. The number of benzene rings is 1. The predicted molar refractivity (Wildman–Crippen MR) is 79.4 cm³/mol. The number of ether oxygens (including phenoxy) is 1. The lowest BCUT2D eigenvalue weighted by molar-refractivity contribution is 0.110. The lowest BCUT2D eigenvalue weighted by Crippen LogP contribution is -2.45. The van der Waals surface area contributed by atoms with Crippen LogP contribution in [0, 0.1) is 0 Å². The maximum Gasteiger partial charge on any atom is 0.0593 e. The van der Waals surface area contributed by atoms with Gasteiger partial charge in [0.25, 0.3) is 0 Å². The SMILES string of the molecule is CCOCCN(CC)CC1Cc2ccccc2CN1. The molecule has 1 aliphatic rings. The molecule has 2 rings (SSSR count). The van der Waals surface area contributed by atoms with Crippen LogP contribution in [0.15, 0.2) is 24.3 Å². The van der Waals surface area contributed by atoms with Gasteiger partial charge < -0.3 is 10.1 Å².